The van der Waals surface area contributed by atoms with Crippen LogP contribution in [0.3, 0.4) is 0 Å². The fourth-order valence-electron chi connectivity index (χ4n) is 4.53. The number of nitrogens with one attached hydrogen (secondary N) is 3. The highest BCUT2D eigenvalue weighted by Crippen LogP contribution is 2.37. The molecule has 192 valence electrons. The number of aromatic nitrogens is 4. The van der Waals surface area contributed by atoms with Gasteiger partial charge in [-0.05, 0) is 25.0 Å². The molecule has 1 saturated heterocycles. The summed E-state index contributed by atoms with van der Waals surface area (Å²) in [6.07, 6.45) is 3.32. The van der Waals surface area contributed by atoms with Gasteiger partial charge in [-0.15, -0.1) is 0 Å². The Hall–Kier alpha value is -3.58. The number of amides is 1. The highest BCUT2D eigenvalue weighted by molar-refractivity contribution is 6.00. The highest BCUT2D eigenvalue weighted by atomic mass is 19.3. The average molecular weight is 504 g/mol. The van der Waals surface area contributed by atoms with Crippen LogP contribution in [0, 0.1) is 0 Å². The summed E-state index contributed by atoms with van der Waals surface area (Å²) in [7, 11) is 3.25. The first-order valence-electron chi connectivity index (χ1n) is 11.7. The second-order valence-corrected chi connectivity index (χ2v) is 8.86. The van der Waals surface area contributed by atoms with Gasteiger partial charge in [0, 0.05) is 39.4 Å². The van der Waals surface area contributed by atoms with Crippen molar-refractivity contribution < 1.29 is 23.0 Å². The van der Waals surface area contributed by atoms with Crippen molar-refractivity contribution in [1.29, 1.82) is 0 Å². The summed E-state index contributed by atoms with van der Waals surface area (Å²) in [5.41, 5.74) is 0.216. The van der Waals surface area contributed by atoms with Crippen molar-refractivity contribution in [1.82, 2.24) is 24.5 Å². The fraction of sp³-hybridized carbons (Fsp3) is 0.478. The lowest BCUT2D eigenvalue weighted by Crippen LogP contribution is -2.55. The first-order valence-corrected chi connectivity index (χ1v) is 11.7. The van der Waals surface area contributed by atoms with Gasteiger partial charge >= 0.3 is 0 Å². The topological polar surface area (TPSA) is 124 Å². The molecule has 4 heterocycles. The van der Waals surface area contributed by atoms with Gasteiger partial charge < -0.3 is 30.0 Å². The maximum absolute atomic E-state index is 13.7. The van der Waals surface area contributed by atoms with Crippen molar-refractivity contribution in [2.45, 2.75) is 43.4 Å². The third-order valence-electron chi connectivity index (χ3n) is 6.72. The largest absolute Gasteiger partial charge is 0.379 e. The molecule has 3 aromatic rings. The van der Waals surface area contributed by atoms with E-state index in [1.54, 1.807) is 43.1 Å². The molecule has 0 radical (unpaired) electrons. The zero-order valence-corrected chi connectivity index (χ0v) is 19.8. The zero-order valence-electron chi connectivity index (χ0n) is 19.8. The molecule has 1 saturated carbocycles. The highest BCUT2D eigenvalue weighted by Gasteiger charge is 2.49. The van der Waals surface area contributed by atoms with Crippen molar-refractivity contribution >= 4 is 28.9 Å². The van der Waals surface area contributed by atoms with Crippen molar-refractivity contribution in [3.63, 3.8) is 0 Å². The van der Waals surface area contributed by atoms with Crippen LogP contribution in [0.2, 0.25) is 0 Å². The van der Waals surface area contributed by atoms with Crippen molar-refractivity contribution in [3.05, 3.63) is 46.5 Å². The minimum atomic E-state index is -2.92. The van der Waals surface area contributed by atoms with Gasteiger partial charge in [0.15, 0.2) is 5.65 Å². The van der Waals surface area contributed by atoms with Crippen LogP contribution < -0.4 is 21.5 Å². The number of hydrogen-bond acceptors (Lipinski definition) is 8. The lowest BCUT2D eigenvalue weighted by molar-refractivity contribution is -0.102. The smallest absolute Gasteiger partial charge is 0.274 e. The number of alkyl halides is 2. The molecule has 5 rings (SSSR count). The summed E-state index contributed by atoms with van der Waals surface area (Å²) in [5, 5.41) is 12.6. The fourth-order valence-corrected chi connectivity index (χ4v) is 4.53. The average Bonchev–Trinajstić information content (AvgIpc) is 3.31. The van der Waals surface area contributed by atoms with Gasteiger partial charge in [-0.1, -0.05) is 0 Å². The number of carbonyl (C=O) groups excluding carboxylic acids is 1. The Morgan fingerprint density at radius 2 is 2.17 bits per heavy atom. The molecule has 1 aliphatic heterocycles. The maximum Gasteiger partial charge on any atom is 0.274 e. The van der Waals surface area contributed by atoms with E-state index < -0.39 is 17.9 Å². The Labute approximate surface area is 204 Å². The number of halogens is 2. The molecule has 3 aromatic heterocycles. The lowest BCUT2D eigenvalue weighted by Gasteiger charge is -2.36. The predicted molar refractivity (Wildman–Crippen MR) is 127 cm³/mol. The van der Waals surface area contributed by atoms with Crippen LogP contribution in [0.4, 0.5) is 26.1 Å². The van der Waals surface area contributed by atoms with E-state index in [1.165, 1.54) is 10.7 Å². The number of fused-ring (bicyclic) bond motifs is 1. The lowest BCUT2D eigenvalue weighted by atomic mass is 9.88. The molecule has 3 atom stereocenters. The molecule has 0 aromatic carbocycles. The predicted octanol–water partition coefficient (Wildman–Crippen LogP) is 2.18. The molecular formula is C23H27F2N7O4. The molecule has 0 spiro atoms. The molecule has 1 amide bonds. The molecule has 1 aliphatic carbocycles. The SMILES string of the molecule is CNc1cc(Nc2cccn([C@H]3CCOC[C@H]3OC)c2=O)nc2c(C(=O)N[C@@H]3CCC3(F)F)cnn12. The van der Waals surface area contributed by atoms with Crippen molar-refractivity contribution in [3.8, 4) is 0 Å². The van der Waals surface area contributed by atoms with E-state index in [0.717, 1.165) is 0 Å². The van der Waals surface area contributed by atoms with Crippen LogP contribution in [-0.4, -0.2) is 70.5 Å². The number of pyridine rings is 1. The molecule has 0 bridgehead atoms. The summed E-state index contributed by atoms with van der Waals surface area (Å²) in [6, 6.07) is 3.61. The van der Waals surface area contributed by atoms with E-state index in [9.17, 15) is 18.4 Å². The van der Waals surface area contributed by atoms with Crippen LogP contribution in [0.1, 0.15) is 35.7 Å². The van der Waals surface area contributed by atoms with Gasteiger partial charge in [0.1, 0.15) is 29.0 Å². The van der Waals surface area contributed by atoms with Gasteiger partial charge in [-0.25, -0.2) is 13.8 Å². The van der Waals surface area contributed by atoms with Gasteiger partial charge in [0.25, 0.3) is 17.4 Å². The van der Waals surface area contributed by atoms with E-state index in [1.807, 2.05) is 0 Å². The number of carbonyl (C=O) groups is 1. The minimum absolute atomic E-state index is 0.0495. The van der Waals surface area contributed by atoms with Gasteiger partial charge in [-0.2, -0.15) is 9.61 Å². The number of rotatable bonds is 7. The van der Waals surface area contributed by atoms with E-state index in [-0.39, 0.29) is 53.3 Å². The molecule has 11 nitrogen and oxygen atoms in total. The first kappa shape index (κ1) is 24.1. The third-order valence-corrected chi connectivity index (χ3v) is 6.72. The van der Waals surface area contributed by atoms with E-state index >= 15 is 0 Å². The Kier molecular flexibility index (Phi) is 6.35. The van der Waals surface area contributed by atoms with Gasteiger partial charge in [0.2, 0.25) is 0 Å². The molecule has 0 unspecified atom stereocenters. The summed E-state index contributed by atoms with van der Waals surface area (Å²) in [6.45, 7) is 0.922. The zero-order chi connectivity index (χ0) is 25.4. The first-order chi connectivity index (χ1) is 17.3. The summed E-state index contributed by atoms with van der Waals surface area (Å²) in [4.78, 5) is 30.5. The second-order valence-electron chi connectivity index (χ2n) is 8.86. The van der Waals surface area contributed by atoms with Crippen molar-refractivity contribution in [2.24, 2.45) is 0 Å². The maximum atomic E-state index is 13.7. The Balaban J connectivity index is 1.46. The van der Waals surface area contributed by atoms with Crippen molar-refractivity contribution in [2.75, 3.05) is 38.0 Å². The van der Waals surface area contributed by atoms with Crippen LogP contribution in [-0.2, 0) is 9.47 Å². The summed E-state index contributed by atoms with van der Waals surface area (Å²) < 4.78 is 41.3. The Morgan fingerprint density at radius 1 is 1.33 bits per heavy atom. The monoisotopic (exact) mass is 503 g/mol. The van der Waals surface area contributed by atoms with Crippen LogP contribution in [0.25, 0.3) is 5.65 Å². The number of hydrogen-bond donors (Lipinski definition) is 3. The Morgan fingerprint density at radius 3 is 2.86 bits per heavy atom. The molecule has 13 heteroatoms. The number of anilines is 3. The number of methoxy groups -OCH3 is 1. The van der Waals surface area contributed by atoms with E-state index in [0.29, 0.717) is 25.5 Å². The molecule has 3 N–H and O–H groups in total. The molecule has 2 fully saturated rings. The van der Waals surface area contributed by atoms with Gasteiger partial charge in [-0.3, -0.25) is 9.59 Å². The molecule has 2 aliphatic rings. The summed E-state index contributed by atoms with van der Waals surface area (Å²) >= 11 is 0. The normalized spacial score (nSPS) is 23.2. The number of nitrogens with zero attached hydrogens (tertiary/aromatic N) is 4. The quantitative estimate of drug-likeness (QED) is 0.448. The standard InChI is InChI=1S/C23H27F2N7O4/c1-26-19-10-18(28-14-4-3-8-31(22(14)34)15-6-9-36-12-16(15)35-2)30-20-13(11-27-32(19)20)21(33)29-17-5-7-23(17,24)25/h3-4,8,10-11,15-17,26H,5-7,9,12H2,1-2H3,(H,28,30)(H,29,33)/t15-,16+,17+/m0/s1. The van der Waals surface area contributed by atoms with Gasteiger partial charge in [0.05, 0.1) is 24.9 Å². The third kappa shape index (κ3) is 4.28. The molecular weight excluding hydrogens is 476 g/mol. The Bertz CT molecular complexity index is 1340. The van der Waals surface area contributed by atoms with Crippen LogP contribution >= 0.6 is 0 Å². The van der Waals surface area contributed by atoms with E-state index in [2.05, 4.69) is 26.0 Å². The second kappa shape index (κ2) is 9.47. The van der Waals surface area contributed by atoms with Crippen LogP contribution in [0.15, 0.2) is 35.4 Å². The van der Waals surface area contributed by atoms with Crippen LogP contribution in [0.5, 0.6) is 0 Å². The summed E-state index contributed by atoms with van der Waals surface area (Å²) in [5.74, 6) is -2.85. The number of ether oxygens (including phenoxy) is 2. The van der Waals surface area contributed by atoms with E-state index in [4.69, 9.17) is 9.47 Å². The molecule has 36 heavy (non-hydrogen) atoms. The minimum Gasteiger partial charge on any atom is -0.379 e.